The zero-order valence-corrected chi connectivity index (χ0v) is 12.7. The number of hydrogen-bond donors (Lipinski definition) is 2. The summed E-state index contributed by atoms with van der Waals surface area (Å²) in [6.07, 6.45) is 0. The predicted molar refractivity (Wildman–Crippen MR) is 84.0 cm³/mol. The lowest BCUT2D eigenvalue weighted by Crippen LogP contribution is -1.99. The molecule has 0 spiro atoms. The summed E-state index contributed by atoms with van der Waals surface area (Å²) in [5.74, 6) is 1.19. The molecular weight excluding hydrogens is 292 g/mol. The van der Waals surface area contributed by atoms with Crippen molar-refractivity contribution in [3.8, 4) is 5.75 Å². The summed E-state index contributed by atoms with van der Waals surface area (Å²) in [6.45, 7) is 0. The fourth-order valence-electron chi connectivity index (χ4n) is 2.40. The van der Waals surface area contributed by atoms with Crippen LogP contribution in [-0.4, -0.2) is 22.0 Å². The molecule has 1 heterocycles. The van der Waals surface area contributed by atoms with Gasteiger partial charge >= 0.3 is 0 Å². The summed E-state index contributed by atoms with van der Waals surface area (Å²) in [5, 5.41) is 0.0486. The van der Waals surface area contributed by atoms with E-state index >= 15 is 0 Å². The van der Waals surface area contributed by atoms with Crippen molar-refractivity contribution in [3.63, 3.8) is 0 Å². The lowest BCUT2D eigenvalue weighted by molar-refractivity contribution is 0.404. The minimum atomic E-state index is -2.66. The van der Waals surface area contributed by atoms with Crippen LogP contribution in [0.25, 0.3) is 0 Å². The number of fused-ring (bicyclic) bond motifs is 1. The van der Waals surface area contributed by atoms with Crippen LogP contribution < -0.4 is 4.74 Å². The van der Waals surface area contributed by atoms with Gasteiger partial charge in [-0.3, -0.25) is 9.11 Å². The fourth-order valence-corrected chi connectivity index (χ4v) is 6.05. The molecule has 3 rings (SSSR count). The van der Waals surface area contributed by atoms with Crippen molar-refractivity contribution in [1.29, 1.82) is 0 Å². The molecule has 106 valence electrons. The van der Waals surface area contributed by atoms with Gasteiger partial charge in [0.2, 0.25) is 0 Å². The molecule has 5 heteroatoms. The minimum absolute atomic E-state index is 0.0486. The Labute approximate surface area is 124 Å². The van der Waals surface area contributed by atoms with Crippen molar-refractivity contribution in [1.82, 2.24) is 0 Å². The maximum Gasteiger partial charge on any atom is 0.132 e. The molecule has 20 heavy (non-hydrogen) atoms. The van der Waals surface area contributed by atoms with Crippen molar-refractivity contribution < 1.29 is 13.8 Å². The highest BCUT2D eigenvalue weighted by molar-refractivity contribution is 8.25. The first-order valence-electron chi connectivity index (χ1n) is 6.26. The van der Waals surface area contributed by atoms with Crippen LogP contribution in [0.5, 0.6) is 5.75 Å². The number of methoxy groups -OCH3 is 1. The van der Waals surface area contributed by atoms with Crippen molar-refractivity contribution >= 4 is 22.4 Å². The highest BCUT2D eigenvalue weighted by atomic mass is 32.3. The van der Waals surface area contributed by atoms with Gasteiger partial charge in [-0.1, -0.05) is 30.3 Å². The highest BCUT2D eigenvalue weighted by Crippen LogP contribution is 2.63. The highest BCUT2D eigenvalue weighted by Gasteiger charge is 2.35. The van der Waals surface area contributed by atoms with E-state index in [0.717, 1.165) is 16.2 Å². The third-order valence-corrected chi connectivity index (χ3v) is 6.72. The second-order valence-corrected chi connectivity index (χ2v) is 7.98. The average molecular weight is 308 g/mol. The van der Waals surface area contributed by atoms with Gasteiger partial charge in [-0.2, -0.15) is 10.6 Å². The van der Waals surface area contributed by atoms with Crippen LogP contribution in [0.1, 0.15) is 10.8 Å². The Bertz CT molecular complexity index is 628. The molecule has 3 nitrogen and oxygen atoms in total. The zero-order valence-electron chi connectivity index (χ0n) is 11.0. The first-order valence-corrected chi connectivity index (χ1v) is 8.86. The lowest BCUT2D eigenvalue weighted by Gasteiger charge is -2.27. The number of rotatable bonds is 3. The molecule has 1 unspecified atom stereocenters. The van der Waals surface area contributed by atoms with Gasteiger partial charge < -0.3 is 4.74 Å². The van der Waals surface area contributed by atoms with Gasteiger partial charge in [0, 0.05) is 4.90 Å². The maximum absolute atomic E-state index is 10.2. The molecule has 1 aliphatic rings. The van der Waals surface area contributed by atoms with E-state index in [-0.39, 0.29) is 5.25 Å². The second kappa shape index (κ2) is 5.33. The molecule has 0 aromatic heterocycles. The third-order valence-electron chi connectivity index (χ3n) is 3.34. The Hall–Kier alpha value is -1.14. The van der Waals surface area contributed by atoms with Crippen molar-refractivity contribution in [2.24, 2.45) is 0 Å². The first kappa shape index (κ1) is 13.8. The van der Waals surface area contributed by atoms with E-state index in [4.69, 9.17) is 4.74 Å². The van der Waals surface area contributed by atoms with Gasteiger partial charge in [0.1, 0.15) is 5.75 Å². The topological polar surface area (TPSA) is 49.7 Å². The molecule has 0 aliphatic carbocycles. The molecule has 0 saturated carbocycles. The molecule has 2 aromatic rings. The van der Waals surface area contributed by atoms with E-state index < -0.39 is 10.6 Å². The van der Waals surface area contributed by atoms with E-state index in [0.29, 0.717) is 10.6 Å². The van der Waals surface area contributed by atoms with Crippen LogP contribution in [-0.2, 0) is 0 Å². The summed E-state index contributed by atoms with van der Waals surface area (Å²) in [5.41, 5.74) is 1.02. The number of thioether (sulfide) groups is 1. The molecule has 0 bridgehead atoms. The number of benzene rings is 2. The Balaban J connectivity index is 1.94. The van der Waals surface area contributed by atoms with Crippen molar-refractivity contribution in [2.75, 3.05) is 12.9 Å². The fraction of sp³-hybridized carbons (Fsp3) is 0.200. The van der Waals surface area contributed by atoms with E-state index in [2.05, 4.69) is 0 Å². The summed E-state index contributed by atoms with van der Waals surface area (Å²) < 4.78 is 25.8. The predicted octanol–water partition coefficient (Wildman–Crippen LogP) is 4.65. The van der Waals surface area contributed by atoms with E-state index in [1.807, 2.05) is 48.5 Å². The minimum Gasteiger partial charge on any atom is -0.496 e. The van der Waals surface area contributed by atoms with Crippen LogP contribution >= 0.6 is 22.4 Å². The largest absolute Gasteiger partial charge is 0.496 e. The molecule has 0 radical (unpaired) electrons. The van der Waals surface area contributed by atoms with Gasteiger partial charge in [0.15, 0.2) is 0 Å². The number of ether oxygens (including phenoxy) is 1. The molecule has 1 atom stereocenters. The van der Waals surface area contributed by atoms with Crippen molar-refractivity contribution in [2.45, 2.75) is 15.0 Å². The standard InChI is InChI=1S/C15H16O3S2/c1-18-12-7-3-4-8-13(12)19-14-10-20(16,17)15-9-5-2-6-11(14)15/h2-9,14,16-17H,10H2,1H3. The average Bonchev–Trinajstić information content (AvgIpc) is 2.71. The Morgan fingerprint density at radius 1 is 1.10 bits per heavy atom. The molecule has 1 aliphatic heterocycles. The van der Waals surface area contributed by atoms with E-state index in [9.17, 15) is 9.11 Å². The van der Waals surface area contributed by atoms with Crippen LogP contribution in [0, 0.1) is 0 Å². The summed E-state index contributed by atoms with van der Waals surface area (Å²) >= 11 is 1.62. The normalized spacial score (nSPS) is 21.2. The van der Waals surface area contributed by atoms with Crippen molar-refractivity contribution in [3.05, 3.63) is 54.1 Å². The molecular formula is C15H16O3S2. The second-order valence-electron chi connectivity index (χ2n) is 4.63. The lowest BCUT2D eigenvalue weighted by atomic mass is 10.2. The maximum atomic E-state index is 10.2. The van der Waals surface area contributed by atoms with Crippen LogP contribution in [0.2, 0.25) is 0 Å². The number of hydrogen-bond acceptors (Lipinski definition) is 4. The molecule has 0 amide bonds. The zero-order chi connectivity index (χ0) is 14.2. The molecule has 0 saturated heterocycles. The van der Waals surface area contributed by atoms with Crippen LogP contribution in [0.3, 0.4) is 0 Å². The van der Waals surface area contributed by atoms with E-state index in [1.54, 1.807) is 18.9 Å². The van der Waals surface area contributed by atoms with Gasteiger partial charge in [0.05, 0.1) is 23.0 Å². The van der Waals surface area contributed by atoms with Gasteiger partial charge in [-0.05, 0) is 23.8 Å². The summed E-state index contributed by atoms with van der Waals surface area (Å²) in [7, 11) is -1.01. The van der Waals surface area contributed by atoms with Gasteiger partial charge in [-0.15, -0.1) is 11.8 Å². The number of para-hydroxylation sites is 1. The van der Waals surface area contributed by atoms with Crippen LogP contribution in [0.15, 0.2) is 58.3 Å². The van der Waals surface area contributed by atoms with Gasteiger partial charge in [0.25, 0.3) is 0 Å². The third kappa shape index (κ3) is 2.42. The SMILES string of the molecule is COc1ccccc1SC1CS(O)(O)c2ccccc21. The smallest absolute Gasteiger partial charge is 0.132 e. The molecule has 2 N–H and O–H groups in total. The summed E-state index contributed by atoms with van der Waals surface area (Å²) in [6, 6.07) is 15.4. The Morgan fingerprint density at radius 3 is 2.60 bits per heavy atom. The Morgan fingerprint density at radius 2 is 1.80 bits per heavy atom. The quantitative estimate of drug-likeness (QED) is 0.866. The Kier molecular flexibility index (Phi) is 3.69. The molecule has 0 fully saturated rings. The summed E-state index contributed by atoms with van der Waals surface area (Å²) in [4.78, 5) is 1.71. The van der Waals surface area contributed by atoms with E-state index in [1.165, 1.54) is 0 Å². The monoisotopic (exact) mass is 308 g/mol. The first-order chi connectivity index (χ1) is 9.62. The van der Waals surface area contributed by atoms with Gasteiger partial charge in [-0.25, -0.2) is 0 Å². The van der Waals surface area contributed by atoms with Crippen LogP contribution in [0.4, 0.5) is 0 Å². The molecule has 2 aromatic carbocycles.